The molecule has 6 heteroatoms. The second kappa shape index (κ2) is 8.85. The lowest BCUT2D eigenvalue weighted by Gasteiger charge is -2.35. The maximum atomic E-state index is 4.44. The van der Waals surface area contributed by atoms with Crippen molar-refractivity contribution in [2.24, 2.45) is 4.99 Å². The summed E-state index contributed by atoms with van der Waals surface area (Å²) in [5.41, 5.74) is 2.20. The minimum Gasteiger partial charge on any atom is -0.354 e. The Balaban J connectivity index is 1.48. The van der Waals surface area contributed by atoms with Crippen LogP contribution in [0.3, 0.4) is 0 Å². The molecule has 1 aromatic heterocycles. The first-order chi connectivity index (χ1) is 12.7. The summed E-state index contributed by atoms with van der Waals surface area (Å²) in [6.45, 7) is 7.54. The van der Waals surface area contributed by atoms with Crippen molar-refractivity contribution >= 4 is 5.96 Å². The number of para-hydroxylation sites is 1. The van der Waals surface area contributed by atoms with Crippen molar-refractivity contribution < 1.29 is 0 Å². The van der Waals surface area contributed by atoms with Crippen molar-refractivity contribution in [3.63, 3.8) is 0 Å². The molecule has 0 unspecified atom stereocenters. The zero-order chi connectivity index (χ0) is 18.4. The molecule has 1 aromatic carbocycles. The van der Waals surface area contributed by atoms with Gasteiger partial charge in [0.2, 0.25) is 0 Å². The molecule has 0 spiro atoms. The molecule has 0 aliphatic carbocycles. The van der Waals surface area contributed by atoms with Crippen LogP contribution in [0.4, 0.5) is 0 Å². The van der Waals surface area contributed by atoms with Gasteiger partial charge in [0, 0.05) is 50.5 Å². The zero-order valence-corrected chi connectivity index (χ0v) is 16.0. The van der Waals surface area contributed by atoms with Gasteiger partial charge in [-0.15, -0.1) is 0 Å². The van der Waals surface area contributed by atoms with Gasteiger partial charge >= 0.3 is 0 Å². The van der Waals surface area contributed by atoms with Crippen LogP contribution in [0, 0.1) is 0 Å². The topological polar surface area (TPSA) is 57.5 Å². The number of likely N-dealkylation sites (tertiary alicyclic amines) is 1. The van der Waals surface area contributed by atoms with Crippen LogP contribution < -0.4 is 10.6 Å². The highest BCUT2D eigenvalue weighted by Gasteiger charge is 2.21. The van der Waals surface area contributed by atoms with Crippen LogP contribution in [0.5, 0.6) is 0 Å². The third kappa shape index (κ3) is 4.85. The SMILES string of the molecule is CN=C(NCc1cnn(-c2ccccc2)c1)NC1CCN(C(C)C)CC1. The molecule has 1 saturated heterocycles. The van der Waals surface area contributed by atoms with E-state index in [1.807, 2.05) is 48.3 Å². The fourth-order valence-corrected chi connectivity index (χ4v) is 3.31. The smallest absolute Gasteiger partial charge is 0.191 e. The van der Waals surface area contributed by atoms with Gasteiger partial charge in [-0.3, -0.25) is 4.99 Å². The Labute approximate surface area is 156 Å². The standard InChI is InChI=1S/C20H30N6/c1-16(2)25-11-9-18(10-12-25)24-20(21-3)22-13-17-14-23-26(15-17)19-7-5-4-6-8-19/h4-8,14-16,18H,9-13H2,1-3H3,(H2,21,22,24). The molecule has 1 aliphatic heterocycles. The quantitative estimate of drug-likeness (QED) is 0.639. The van der Waals surface area contributed by atoms with Gasteiger partial charge in [0.15, 0.2) is 5.96 Å². The van der Waals surface area contributed by atoms with Crippen LogP contribution in [0.1, 0.15) is 32.3 Å². The Morgan fingerprint density at radius 3 is 2.62 bits per heavy atom. The first-order valence-electron chi connectivity index (χ1n) is 9.46. The summed E-state index contributed by atoms with van der Waals surface area (Å²) in [6.07, 6.45) is 6.26. The predicted octanol–water partition coefficient (Wildman–Crippen LogP) is 2.41. The van der Waals surface area contributed by atoms with E-state index in [4.69, 9.17) is 0 Å². The average Bonchev–Trinajstić information content (AvgIpc) is 3.15. The van der Waals surface area contributed by atoms with Crippen molar-refractivity contribution in [3.05, 3.63) is 48.3 Å². The first kappa shape index (κ1) is 18.5. The molecule has 3 rings (SSSR count). The van der Waals surface area contributed by atoms with Gasteiger partial charge in [0.25, 0.3) is 0 Å². The van der Waals surface area contributed by atoms with Gasteiger partial charge in [-0.1, -0.05) is 18.2 Å². The van der Waals surface area contributed by atoms with Gasteiger partial charge in [0.1, 0.15) is 0 Å². The van der Waals surface area contributed by atoms with Crippen molar-refractivity contribution in [1.82, 2.24) is 25.3 Å². The summed E-state index contributed by atoms with van der Waals surface area (Å²) in [6, 6.07) is 11.3. The fraction of sp³-hybridized carbons (Fsp3) is 0.500. The van der Waals surface area contributed by atoms with E-state index < -0.39 is 0 Å². The van der Waals surface area contributed by atoms with E-state index in [9.17, 15) is 0 Å². The summed E-state index contributed by atoms with van der Waals surface area (Å²) in [5.74, 6) is 0.862. The average molecular weight is 355 g/mol. The monoisotopic (exact) mass is 354 g/mol. The number of rotatable bonds is 5. The number of benzene rings is 1. The third-order valence-electron chi connectivity index (χ3n) is 4.94. The zero-order valence-electron chi connectivity index (χ0n) is 16.0. The number of hydrogen-bond donors (Lipinski definition) is 2. The Morgan fingerprint density at radius 1 is 1.23 bits per heavy atom. The molecule has 140 valence electrons. The maximum absolute atomic E-state index is 4.44. The van der Waals surface area contributed by atoms with E-state index in [1.54, 1.807) is 0 Å². The van der Waals surface area contributed by atoms with Crippen LogP contribution in [0.2, 0.25) is 0 Å². The molecule has 0 amide bonds. The lowest BCUT2D eigenvalue weighted by atomic mass is 10.0. The van der Waals surface area contributed by atoms with E-state index >= 15 is 0 Å². The fourth-order valence-electron chi connectivity index (χ4n) is 3.31. The molecule has 2 heterocycles. The van der Waals surface area contributed by atoms with Gasteiger partial charge < -0.3 is 15.5 Å². The van der Waals surface area contributed by atoms with Gasteiger partial charge in [0.05, 0.1) is 11.9 Å². The van der Waals surface area contributed by atoms with Gasteiger partial charge in [-0.05, 0) is 38.8 Å². The lowest BCUT2D eigenvalue weighted by Crippen LogP contribution is -2.49. The third-order valence-corrected chi connectivity index (χ3v) is 4.94. The molecule has 0 saturated carbocycles. The predicted molar refractivity (Wildman–Crippen MR) is 107 cm³/mol. The largest absolute Gasteiger partial charge is 0.354 e. The Bertz CT molecular complexity index is 698. The highest BCUT2D eigenvalue weighted by molar-refractivity contribution is 5.79. The molecule has 0 radical (unpaired) electrons. The number of piperidine rings is 1. The summed E-state index contributed by atoms with van der Waals surface area (Å²) in [4.78, 5) is 6.90. The van der Waals surface area contributed by atoms with E-state index in [0.717, 1.165) is 43.1 Å². The summed E-state index contributed by atoms with van der Waals surface area (Å²) in [7, 11) is 1.83. The number of nitrogens with zero attached hydrogens (tertiary/aromatic N) is 4. The number of hydrogen-bond acceptors (Lipinski definition) is 3. The van der Waals surface area contributed by atoms with Crippen molar-refractivity contribution in [2.75, 3.05) is 20.1 Å². The minimum absolute atomic E-state index is 0.489. The van der Waals surface area contributed by atoms with Crippen LogP contribution in [0.15, 0.2) is 47.7 Å². The minimum atomic E-state index is 0.489. The molecule has 0 atom stereocenters. The van der Waals surface area contributed by atoms with E-state index in [-0.39, 0.29) is 0 Å². The molecular formula is C20H30N6. The van der Waals surface area contributed by atoms with Gasteiger partial charge in [-0.2, -0.15) is 5.10 Å². The molecule has 0 bridgehead atoms. The molecule has 1 aliphatic rings. The van der Waals surface area contributed by atoms with Crippen LogP contribution in [-0.4, -0.2) is 52.9 Å². The molecule has 1 fully saturated rings. The van der Waals surface area contributed by atoms with Crippen LogP contribution in [0.25, 0.3) is 5.69 Å². The summed E-state index contributed by atoms with van der Waals surface area (Å²) in [5, 5.41) is 11.4. The van der Waals surface area contributed by atoms with E-state index in [0.29, 0.717) is 18.6 Å². The Morgan fingerprint density at radius 2 is 1.96 bits per heavy atom. The number of aliphatic imine (C=N–C) groups is 1. The van der Waals surface area contributed by atoms with Crippen molar-refractivity contribution in [2.45, 2.75) is 45.3 Å². The number of nitrogens with one attached hydrogen (secondary N) is 2. The Hall–Kier alpha value is -2.34. The normalized spacial score (nSPS) is 16.8. The summed E-state index contributed by atoms with van der Waals surface area (Å²) < 4.78 is 1.90. The highest BCUT2D eigenvalue weighted by Crippen LogP contribution is 2.13. The second-order valence-electron chi connectivity index (χ2n) is 7.10. The van der Waals surface area contributed by atoms with Crippen molar-refractivity contribution in [1.29, 1.82) is 0 Å². The maximum Gasteiger partial charge on any atom is 0.191 e. The van der Waals surface area contributed by atoms with E-state index in [2.05, 4.69) is 45.7 Å². The van der Waals surface area contributed by atoms with Gasteiger partial charge in [-0.25, -0.2) is 4.68 Å². The number of guanidine groups is 1. The molecule has 6 nitrogen and oxygen atoms in total. The molecule has 26 heavy (non-hydrogen) atoms. The summed E-state index contributed by atoms with van der Waals surface area (Å²) >= 11 is 0. The molecular weight excluding hydrogens is 324 g/mol. The van der Waals surface area contributed by atoms with Crippen molar-refractivity contribution in [3.8, 4) is 5.69 Å². The highest BCUT2D eigenvalue weighted by atomic mass is 15.3. The van der Waals surface area contributed by atoms with Crippen LogP contribution >= 0.6 is 0 Å². The molecule has 2 aromatic rings. The second-order valence-corrected chi connectivity index (χ2v) is 7.10. The lowest BCUT2D eigenvalue weighted by molar-refractivity contribution is 0.167. The van der Waals surface area contributed by atoms with Crippen LogP contribution in [-0.2, 0) is 6.54 Å². The number of aromatic nitrogens is 2. The first-order valence-corrected chi connectivity index (χ1v) is 9.46. The van der Waals surface area contributed by atoms with E-state index in [1.165, 1.54) is 0 Å². The Kier molecular flexibility index (Phi) is 6.28. The molecule has 2 N–H and O–H groups in total.